The molecule has 0 saturated carbocycles. The van der Waals surface area contributed by atoms with Crippen molar-refractivity contribution in [2.45, 2.75) is 31.5 Å². The van der Waals surface area contributed by atoms with Crippen molar-refractivity contribution in [1.29, 1.82) is 0 Å². The Kier molecular flexibility index (Phi) is 5.41. The number of carbonyl (C=O) groups excluding carboxylic acids is 2. The normalized spacial score (nSPS) is 15.9. The number of anilines is 1. The number of nitrogens with one attached hydrogen (secondary N) is 4. The first kappa shape index (κ1) is 19.8. The summed E-state index contributed by atoms with van der Waals surface area (Å²) in [5.41, 5.74) is 0.671. The highest BCUT2D eigenvalue weighted by molar-refractivity contribution is 6.05. The molecule has 0 aromatic carbocycles. The average molecular weight is 428 g/mol. The van der Waals surface area contributed by atoms with Crippen molar-refractivity contribution in [2.75, 3.05) is 4.90 Å². The number of carbonyl (C=O) groups is 3. The van der Waals surface area contributed by atoms with E-state index < -0.39 is 30.0 Å². The molecule has 16 nitrogen and oxygen atoms in total. The van der Waals surface area contributed by atoms with Crippen LogP contribution in [0.5, 0.6) is 0 Å². The summed E-state index contributed by atoms with van der Waals surface area (Å²) in [5, 5.41) is 40.4. The fourth-order valence-electron chi connectivity index (χ4n) is 3.23. The monoisotopic (exact) mass is 428 g/mol. The van der Waals surface area contributed by atoms with Gasteiger partial charge in [0.25, 0.3) is 5.91 Å². The summed E-state index contributed by atoms with van der Waals surface area (Å²) < 4.78 is 0. The van der Waals surface area contributed by atoms with E-state index in [0.717, 1.165) is 0 Å². The zero-order valence-corrected chi connectivity index (χ0v) is 15.8. The molecule has 0 spiro atoms. The molecule has 4 rings (SSSR count). The predicted octanol–water partition coefficient (Wildman–Crippen LogP) is -2.44. The fourth-order valence-corrected chi connectivity index (χ4v) is 3.23. The van der Waals surface area contributed by atoms with Crippen molar-refractivity contribution in [3.63, 3.8) is 0 Å². The van der Waals surface area contributed by atoms with Gasteiger partial charge in [0.05, 0.1) is 6.54 Å². The van der Waals surface area contributed by atoms with Gasteiger partial charge in [-0.25, -0.2) is 9.78 Å². The molecule has 3 amide bonds. The van der Waals surface area contributed by atoms with Crippen LogP contribution in [-0.2, 0) is 29.0 Å². The maximum Gasteiger partial charge on any atom is 0.405 e. The summed E-state index contributed by atoms with van der Waals surface area (Å²) in [7, 11) is 0. The van der Waals surface area contributed by atoms with E-state index in [0.29, 0.717) is 5.56 Å². The molecule has 3 aromatic rings. The quantitative estimate of drug-likeness (QED) is 0.266. The second-order valence-corrected chi connectivity index (χ2v) is 6.49. The van der Waals surface area contributed by atoms with Crippen molar-refractivity contribution in [1.82, 2.24) is 56.9 Å². The standard InChI is InChI=1S/C15H16N12O4/c28-13(17-6-11-21-25-26-22-11)9-4-7-2-1-3-16-12(7)27(9)14(29)8(18-15(30)31)5-10-19-23-24-20-10/h1-3,8-9,18H,4-6H2,(H,17,28)(H,30,31)(H,19,20,23,24)(H,21,22,25,26)/t8-,9?/m0/s1. The number of rotatable bonds is 7. The van der Waals surface area contributed by atoms with Gasteiger partial charge in [0.2, 0.25) is 5.91 Å². The van der Waals surface area contributed by atoms with Crippen molar-refractivity contribution in [2.24, 2.45) is 0 Å². The van der Waals surface area contributed by atoms with E-state index in [9.17, 15) is 19.5 Å². The largest absolute Gasteiger partial charge is 0.465 e. The van der Waals surface area contributed by atoms with E-state index in [2.05, 4.69) is 56.9 Å². The number of nitrogens with zero attached hydrogens (tertiary/aromatic N) is 8. The van der Waals surface area contributed by atoms with Gasteiger partial charge >= 0.3 is 6.09 Å². The van der Waals surface area contributed by atoms with Crippen LogP contribution in [0.1, 0.15) is 17.2 Å². The van der Waals surface area contributed by atoms with Gasteiger partial charge < -0.3 is 15.7 Å². The van der Waals surface area contributed by atoms with Crippen molar-refractivity contribution in [3.05, 3.63) is 35.5 Å². The SMILES string of the molecule is O=C(O)N[C@@H](Cc1nn[nH]n1)C(=O)N1c2ncccc2CC1C(=O)NCc1nn[nH]n1. The molecule has 1 aliphatic heterocycles. The lowest BCUT2D eigenvalue weighted by molar-refractivity contribution is -0.127. The summed E-state index contributed by atoms with van der Waals surface area (Å²) in [4.78, 5) is 43.0. The van der Waals surface area contributed by atoms with Crippen molar-refractivity contribution < 1.29 is 19.5 Å². The maximum absolute atomic E-state index is 13.4. The Morgan fingerprint density at radius 1 is 1.19 bits per heavy atom. The molecule has 4 heterocycles. The Labute approximate surface area is 172 Å². The number of amides is 3. The molecule has 0 fully saturated rings. The lowest BCUT2D eigenvalue weighted by atomic mass is 10.1. The van der Waals surface area contributed by atoms with Crippen LogP contribution in [-0.4, -0.2) is 81.3 Å². The van der Waals surface area contributed by atoms with E-state index in [1.54, 1.807) is 12.1 Å². The highest BCUT2D eigenvalue weighted by Crippen LogP contribution is 2.31. The number of fused-ring (bicyclic) bond motifs is 1. The van der Waals surface area contributed by atoms with Gasteiger partial charge in [0.15, 0.2) is 11.6 Å². The molecule has 0 radical (unpaired) electrons. The average Bonchev–Trinajstić information content (AvgIpc) is 3.51. The van der Waals surface area contributed by atoms with E-state index in [1.807, 2.05) is 0 Å². The van der Waals surface area contributed by atoms with Crippen LogP contribution in [0.25, 0.3) is 0 Å². The summed E-state index contributed by atoms with van der Waals surface area (Å²) in [6.07, 6.45) is 0.102. The third-order valence-electron chi connectivity index (χ3n) is 4.54. The molecular weight excluding hydrogens is 412 g/mol. The van der Waals surface area contributed by atoms with E-state index >= 15 is 0 Å². The van der Waals surface area contributed by atoms with E-state index in [1.165, 1.54) is 11.1 Å². The minimum absolute atomic E-state index is 0.00268. The van der Waals surface area contributed by atoms with E-state index in [4.69, 9.17) is 0 Å². The number of H-pyrrole nitrogens is 2. The van der Waals surface area contributed by atoms with Crippen LogP contribution in [0.3, 0.4) is 0 Å². The lowest BCUT2D eigenvalue weighted by Gasteiger charge is -2.27. The molecular formula is C15H16N12O4. The Balaban J connectivity index is 1.59. The number of pyridine rings is 1. The second kappa shape index (κ2) is 8.47. The molecule has 3 aromatic heterocycles. The third-order valence-corrected chi connectivity index (χ3v) is 4.54. The molecule has 5 N–H and O–H groups in total. The van der Waals surface area contributed by atoms with Crippen LogP contribution in [0.15, 0.2) is 18.3 Å². The molecule has 2 atom stereocenters. The first-order valence-corrected chi connectivity index (χ1v) is 9.01. The molecule has 31 heavy (non-hydrogen) atoms. The van der Waals surface area contributed by atoms with Crippen LogP contribution in [0.2, 0.25) is 0 Å². The number of hydrogen-bond acceptors (Lipinski definition) is 10. The van der Waals surface area contributed by atoms with Crippen LogP contribution >= 0.6 is 0 Å². The van der Waals surface area contributed by atoms with Crippen LogP contribution in [0.4, 0.5) is 10.6 Å². The highest BCUT2D eigenvalue weighted by Gasteiger charge is 2.42. The number of aromatic amines is 2. The van der Waals surface area contributed by atoms with Gasteiger partial charge in [-0.15, -0.1) is 20.4 Å². The summed E-state index contributed by atoms with van der Waals surface area (Å²) >= 11 is 0. The molecule has 0 bridgehead atoms. The van der Waals surface area contributed by atoms with Crippen molar-refractivity contribution in [3.8, 4) is 0 Å². The Morgan fingerprint density at radius 2 is 1.94 bits per heavy atom. The van der Waals surface area contributed by atoms with Gasteiger partial charge in [-0.2, -0.15) is 10.4 Å². The number of aromatic nitrogens is 9. The lowest BCUT2D eigenvalue weighted by Crippen LogP contribution is -2.55. The Hall–Kier alpha value is -4.50. The number of tetrazole rings is 2. The van der Waals surface area contributed by atoms with Gasteiger partial charge in [-0.1, -0.05) is 16.5 Å². The molecule has 0 saturated heterocycles. The number of hydrogen-bond donors (Lipinski definition) is 5. The maximum atomic E-state index is 13.4. The molecule has 1 unspecified atom stereocenters. The molecule has 0 aliphatic carbocycles. The summed E-state index contributed by atoms with van der Waals surface area (Å²) in [6, 6.07) is 1.21. The topological polar surface area (TPSA) is 221 Å². The zero-order chi connectivity index (χ0) is 21.8. The van der Waals surface area contributed by atoms with Gasteiger partial charge in [-0.3, -0.25) is 14.5 Å². The summed E-state index contributed by atoms with van der Waals surface area (Å²) in [6.45, 7) is -0.00268. The molecule has 160 valence electrons. The first-order valence-electron chi connectivity index (χ1n) is 9.01. The minimum atomic E-state index is -1.42. The third kappa shape index (κ3) is 4.26. The van der Waals surface area contributed by atoms with Gasteiger partial charge in [0.1, 0.15) is 17.9 Å². The zero-order valence-electron chi connectivity index (χ0n) is 15.8. The Bertz CT molecular complexity index is 1070. The summed E-state index contributed by atoms with van der Waals surface area (Å²) in [5.74, 6) is -0.486. The van der Waals surface area contributed by atoms with Crippen LogP contribution in [0, 0.1) is 0 Å². The van der Waals surface area contributed by atoms with Gasteiger partial charge in [0, 0.05) is 19.0 Å². The van der Waals surface area contributed by atoms with Crippen molar-refractivity contribution >= 4 is 23.7 Å². The van der Waals surface area contributed by atoms with Gasteiger partial charge in [-0.05, 0) is 11.6 Å². The fraction of sp³-hybridized carbons (Fsp3) is 0.333. The van der Waals surface area contributed by atoms with E-state index in [-0.39, 0.29) is 36.9 Å². The van der Waals surface area contributed by atoms with Crippen LogP contribution < -0.4 is 15.5 Å². The predicted molar refractivity (Wildman–Crippen MR) is 98.1 cm³/mol. The highest BCUT2D eigenvalue weighted by atomic mass is 16.4. The number of carboxylic acid groups (broad SMARTS) is 1. The Morgan fingerprint density at radius 3 is 2.61 bits per heavy atom. The molecule has 1 aliphatic rings. The minimum Gasteiger partial charge on any atom is -0.465 e. The first-order chi connectivity index (χ1) is 15.0. The second-order valence-electron chi connectivity index (χ2n) is 6.49. The molecule has 16 heteroatoms. The smallest absolute Gasteiger partial charge is 0.405 e.